The monoisotopic (exact) mass is 343 g/mol. The molecule has 0 radical (unpaired) electrons. The Hall–Kier alpha value is -1.41. The van der Waals surface area contributed by atoms with Gasteiger partial charge in [0.2, 0.25) is 10.0 Å². The van der Waals surface area contributed by atoms with Crippen molar-refractivity contribution >= 4 is 22.4 Å². The zero-order valence-electron chi connectivity index (χ0n) is 12.1. The third kappa shape index (κ3) is 3.17. The first-order chi connectivity index (χ1) is 9.96. The maximum absolute atomic E-state index is 12.5. The summed E-state index contributed by atoms with van der Waals surface area (Å²) in [6.45, 7) is 2.62. The van der Waals surface area contributed by atoms with Gasteiger partial charge in [0.15, 0.2) is 5.89 Å². The molecule has 2 aromatic rings. The van der Waals surface area contributed by atoms with E-state index in [0.29, 0.717) is 31.1 Å². The highest BCUT2D eigenvalue weighted by molar-refractivity contribution is 7.89. The van der Waals surface area contributed by atoms with Crippen molar-refractivity contribution in [3.63, 3.8) is 0 Å². The zero-order valence-corrected chi connectivity index (χ0v) is 13.7. The summed E-state index contributed by atoms with van der Waals surface area (Å²) < 4.78 is 31.5. The molecule has 3 rings (SSSR count). The number of hydrogen-bond acceptors (Lipinski definition) is 5. The highest BCUT2D eigenvalue weighted by Gasteiger charge is 2.30. The van der Waals surface area contributed by atoms with Gasteiger partial charge in [-0.2, -0.15) is 4.31 Å². The zero-order chi connectivity index (χ0) is 15.0. The van der Waals surface area contributed by atoms with E-state index in [9.17, 15) is 8.42 Å². The molecule has 0 saturated carbocycles. The molecule has 0 spiro atoms. The lowest BCUT2D eigenvalue weighted by molar-refractivity contribution is 0.472. The largest absolute Gasteiger partial charge is 0.449 e. The third-order valence-electron chi connectivity index (χ3n) is 3.59. The first-order valence-electron chi connectivity index (χ1n) is 6.75. The van der Waals surface area contributed by atoms with Crippen LogP contribution >= 0.6 is 12.4 Å². The minimum absolute atomic E-state index is 0. The van der Waals surface area contributed by atoms with E-state index < -0.39 is 10.0 Å². The molecule has 1 aromatic heterocycles. The fourth-order valence-corrected chi connectivity index (χ4v) is 3.93. The minimum Gasteiger partial charge on any atom is -0.449 e. The van der Waals surface area contributed by atoms with E-state index in [0.717, 1.165) is 5.56 Å². The molecule has 22 heavy (non-hydrogen) atoms. The van der Waals surface area contributed by atoms with E-state index in [4.69, 9.17) is 10.2 Å². The Morgan fingerprint density at radius 1 is 1.32 bits per heavy atom. The lowest BCUT2D eigenvalue weighted by atomic mass is 10.2. The number of rotatable bonds is 3. The second kappa shape index (κ2) is 6.37. The molecule has 1 atom stereocenters. The Kier molecular flexibility index (Phi) is 4.91. The molecular formula is C14H18ClN3O3S. The maximum Gasteiger partial charge on any atom is 0.243 e. The van der Waals surface area contributed by atoms with Gasteiger partial charge in [-0.25, -0.2) is 13.4 Å². The van der Waals surface area contributed by atoms with Crippen LogP contribution in [0, 0.1) is 6.92 Å². The molecule has 2 N–H and O–H groups in total. The smallest absolute Gasteiger partial charge is 0.243 e. The van der Waals surface area contributed by atoms with Crippen molar-refractivity contribution in [3.05, 3.63) is 36.4 Å². The first-order valence-corrected chi connectivity index (χ1v) is 8.19. The SMILES string of the molecule is Cc1nc(-c2ccc(S(=O)(=O)N3CC[C@@H](N)C3)cc2)co1.Cl. The number of nitrogens with zero attached hydrogens (tertiary/aromatic N) is 2. The number of aryl methyl sites for hydroxylation is 1. The van der Waals surface area contributed by atoms with Crippen molar-refractivity contribution in [2.45, 2.75) is 24.3 Å². The highest BCUT2D eigenvalue weighted by Crippen LogP contribution is 2.24. The van der Waals surface area contributed by atoms with E-state index in [1.807, 2.05) is 0 Å². The number of sulfonamides is 1. The van der Waals surface area contributed by atoms with E-state index in [1.54, 1.807) is 37.5 Å². The lowest BCUT2D eigenvalue weighted by Gasteiger charge is -2.16. The molecule has 0 aliphatic carbocycles. The average molecular weight is 344 g/mol. The van der Waals surface area contributed by atoms with Crippen LogP contribution in [-0.4, -0.2) is 36.8 Å². The molecule has 0 unspecified atom stereocenters. The topological polar surface area (TPSA) is 89.4 Å². The quantitative estimate of drug-likeness (QED) is 0.917. The Balaban J connectivity index is 0.00000176. The molecular weight excluding hydrogens is 326 g/mol. The van der Waals surface area contributed by atoms with Crippen molar-refractivity contribution in [1.82, 2.24) is 9.29 Å². The van der Waals surface area contributed by atoms with Crippen LogP contribution in [0.5, 0.6) is 0 Å². The highest BCUT2D eigenvalue weighted by atomic mass is 35.5. The number of hydrogen-bond donors (Lipinski definition) is 1. The van der Waals surface area contributed by atoms with Gasteiger partial charge in [0.05, 0.1) is 4.90 Å². The molecule has 6 nitrogen and oxygen atoms in total. The van der Waals surface area contributed by atoms with Gasteiger partial charge in [-0.3, -0.25) is 0 Å². The molecule has 1 saturated heterocycles. The molecule has 0 amide bonds. The van der Waals surface area contributed by atoms with Gasteiger partial charge in [0.1, 0.15) is 12.0 Å². The van der Waals surface area contributed by atoms with Gasteiger partial charge < -0.3 is 10.2 Å². The number of oxazole rings is 1. The molecule has 1 aromatic carbocycles. The Bertz CT molecular complexity index is 743. The molecule has 0 bridgehead atoms. The molecule has 1 aliphatic rings. The van der Waals surface area contributed by atoms with Gasteiger partial charge in [-0.05, 0) is 18.6 Å². The van der Waals surface area contributed by atoms with E-state index >= 15 is 0 Å². The minimum atomic E-state index is -3.46. The van der Waals surface area contributed by atoms with Gasteiger partial charge in [-0.15, -0.1) is 12.4 Å². The fourth-order valence-electron chi connectivity index (χ4n) is 2.42. The average Bonchev–Trinajstić information content (AvgIpc) is 3.08. The van der Waals surface area contributed by atoms with Crippen molar-refractivity contribution in [2.24, 2.45) is 5.73 Å². The molecule has 1 aliphatic heterocycles. The van der Waals surface area contributed by atoms with Crippen molar-refractivity contribution < 1.29 is 12.8 Å². The van der Waals surface area contributed by atoms with Crippen molar-refractivity contribution in [3.8, 4) is 11.3 Å². The maximum atomic E-state index is 12.5. The molecule has 1 fully saturated rings. The molecule has 120 valence electrons. The summed E-state index contributed by atoms with van der Waals surface area (Å²) >= 11 is 0. The molecule has 8 heteroatoms. The summed E-state index contributed by atoms with van der Waals surface area (Å²) in [5.74, 6) is 0.577. The number of nitrogens with two attached hydrogens (primary N) is 1. The lowest BCUT2D eigenvalue weighted by Crippen LogP contribution is -2.31. The second-order valence-electron chi connectivity index (χ2n) is 5.19. The van der Waals surface area contributed by atoms with Crippen molar-refractivity contribution in [1.29, 1.82) is 0 Å². The normalized spacial score (nSPS) is 19.1. The number of halogens is 1. The number of benzene rings is 1. The summed E-state index contributed by atoms with van der Waals surface area (Å²) in [7, 11) is -3.46. The van der Waals surface area contributed by atoms with Crippen LogP contribution in [0.25, 0.3) is 11.3 Å². The van der Waals surface area contributed by atoms with Crippen LogP contribution in [0.4, 0.5) is 0 Å². The van der Waals surface area contributed by atoms with Crippen LogP contribution in [0.1, 0.15) is 12.3 Å². The predicted octanol–water partition coefficient (Wildman–Crippen LogP) is 1.79. The Morgan fingerprint density at radius 2 is 2.00 bits per heavy atom. The van der Waals surface area contributed by atoms with Gasteiger partial charge in [-0.1, -0.05) is 12.1 Å². The van der Waals surface area contributed by atoms with E-state index in [1.165, 1.54) is 4.31 Å². The van der Waals surface area contributed by atoms with E-state index in [-0.39, 0.29) is 23.3 Å². The Morgan fingerprint density at radius 3 is 2.50 bits per heavy atom. The summed E-state index contributed by atoms with van der Waals surface area (Å²) in [6, 6.07) is 6.59. The van der Waals surface area contributed by atoms with Gasteiger partial charge in [0, 0.05) is 31.6 Å². The van der Waals surface area contributed by atoms with Crippen LogP contribution in [0.3, 0.4) is 0 Å². The second-order valence-corrected chi connectivity index (χ2v) is 7.13. The third-order valence-corrected chi connectivity index (χ3v) is 5.47. The first kappa shape index (κ1) is 17.0. The fraction of sp³-hybridized carbons (Fsp3) is 0.357. The summed E-state index contributed by atoms with van der Waals surface area (Å²) in [5, 5.41) is 0. The molecule has 2 heterocycles. The van der Waals surface area contributed by atoms with E-state index in [2.05, 4.69) is 4.98 Å². The van der Waals surface area contributed by atoms with Crippen molar-refractivity contribution in [2.75, 3.05) is 13.1 Å². The Labute approximate surface area is 135 Å². The summed E-state index contributed by atoms with van der Waals surface area (Å²) in [4.78, 5) is 4.50. The van der Waals surface area contributed by atoms with Crippen LogP contribution in [-0.2, 0) is 10.0 Å². The van der Waals surface area contributed by atoms with Gasteiger partial charge >= 0.3 is 0 Å². The summed E-state index contributed by atoms with van der Waals surface area (Å²) in [6.07, 6.45) is 2.26. The summed E-state index contributed by atoms with van der Waals surface area (Å²) in [5.41, 5.74) is 7.29. The van der Waals surface area contributed by atoms with Gasteiger partial charge in [0.25, 0.3) is 0 Å². The van der Waals surface area contributed by atoms with Crippen LogP contribution < -0.4 is 5.73 Å². The number of aromatic nitrogens is 1. The van der Waals surface area contributed by atoms with Crippen LogP contribution in [0.15, 0.2) is 39.8 Å². The van der Waals surface area contributed by atoms with Crippen LogP contribution in [0.2, 0.25) is 0 Å². The predicted molar refractivity (Wildman–Crippen MR) is 85.3 cm³/mol. The standard InChI is InChI=1S/C14H17N3O3S.ClH/c1-10-16-14(9-20-10)11-2-4-13(5-3-11)21(18,19)17-7-6-12(15)8-17;/h2-5,9,12H,6-8,15H2,1H3;1H/t12-;/m1./s1.